The van der Waals surface area contributed by atoms with Crippen molar-refractivity contribution in [2.75, 3.05) is 58.9 Å². The Kier molecular flexibility index (Phi) is 11.8. The normalized spacial score (nSPS) is 41.2. The summed E-state index contributed by atoms with van der Waals surface area (Å²) < 4.78 is 30.8. The van der Waals surface area contributed by atoms with Crippen molar-refractivity contribution in [1.82, 2.24) is 36.0 Å². The fraction of sp³-hybridized carbons (Fsp3) is 0.943. The van der Waals surface area contributed by atoms with E-state index in [9.17, 15) is 9.59 Å². The van der Waals surface area contributed by atoms with E-state index in [1.807, 2.05) is 6.92 Å². The number of amides is 2. The third kappa shape index (κ3) is 8.14. The summed E-state index contributed by atoms with van der Waals surface area (Å²) in [6.45, 7) is 10.3. The number of hydrogen-bond acceptors (Lipinski definition) is 8. The lowest BCUT2D eigenvalue weighted by molar-refractivity contribution is -0.139. The van der Waals surface area contributed by atoms with Crippen LogP contribution in [0.3, 0.4) is 0 Å². The van der Waals surface area contributed by atoms with E-state index >= 15 is 8.78 Å². The first kappa shape index (κ1) is 35.4. The largest absolute Gasteiger partial charge is 0.350 e. The second-order valence-electron chi connectivity index (χ2n) is 16.1. The molecule has 268 valence electrons. The topological polar surface area (TPSA) is 118 Å². The van der Waals surface area contributed by atoms with Crippen molar-refractivity contribution in [3.8, 4) is 0 Å². The summed E-state index contributed by atoms with van der Waals surface area (Å²) in [5, 5.41) is 13.3. The molecule has 6 N–H and O–H groups in total. The number of nitrogens with two attached hydrogens (primary N) is 1. The number of nitrogens with one attached hydrogen (secondary N) is 4. The molecule has 7 aliphatic rings. The Labute approximate surface area is 281 Å². The highest BCUT2D eigenvalue weighted by atomic mass is 19.1. The number of carbonyl (C=O) groups is 2. The molecule has 0 spiro atoms. The highest BCUT2D eigenvalue weighted by molar-refractivity contribution is 5.81. The van der Waals surface area contributed by atoms with Gasteiger partial charge in [-0.25, -0.2) is 8.78 Å². The van der Waals surface area contributed by atoms with Crippen LogP contribution in [0.15, 0.2) is 0 Å². The second-order valence-corrected chi connectivity index (χ2v) is 16.1. The van der Waals surface area contributed by atoms with Gasteiger partial charge in [0.1, 0.15) is 12.3 Å². The Balaban J connectivity index is 1.10. The highest BCUT2D eigenvalue weighted by Crippen LogP contribution is 2.41. The van der Waals surface area contributed by atoms with Gasteiger partial charge in [-0.2, -0.15) is 0 Å². The molecule has 2 amide bonds. The van der Waals surface area contributed by atoms with Gasteiger partial charge in [-0.05, 0) is 76.8 Å². The number of rotatable bonds is 5. The molecule has 12 heteroatoms. The van der Waals surface area contributed by atoms with Crippen LogP contribution in [0.4, 0.5) is 8.78 Å². The Morgan fingerprint density at radius 3 is 2.32 bits per heavy atom. The highest BCUT2D eigenvalue weighted by Gasteiger charge is 2.45. The Hall–Kier alpha value is -1.44. The van der Waals surface area contributed by atoms with E-state index in [1.165, 1.54) is 6.42 Å². The number of piperidine rings is 3. The first-order valence-electron chi connectivity index (χ1n) is 18.9. The summed E-state index contributed by atoms with van der Waals surface area (Å²) in [5.41, 5.74) is 6.87. The van der Waals surface area contributed by atoms with Crippen LogP contribution in [0.2, 0.25) is 0 Å². The second kappa shape index (κ2) is 15.6. The predicted molar refractivity (Wildman–Crippen MR) is 180 cm³/mol. The third-order valence-electron chi connectivity index (χ3n) is 12.9. The van der Waals surface area contributed by atoms with Gasteiger partial charge in [0.05, 0.1) is 24.2 Å². The number of fused-ring (bicyclic) bond motifs is 4. The number of nitrogens with zero attached hydrogens (tertiary/aromatic N) is 3. The minimum Gasteiger partial charge on any atom is -0.350 e. The first-order chi connectivity index (χ1) is 22.6. The van der Waals surface area contributed by atoms with Crippen LogP contribution in [0.25, 0.3) is 0 Å². The fourth-order valence-corrected chi connectivity index (χ4v) is 9.89. The molecular weight excluding hydrogens is 602 g/mol. The van der Waals surface area contributed by atoms with Gasteiger partial charge in [0.2, 0.25) is 11.8 Å². The van der Waals surface area contributed by atoms with Crippen LogP contribution in [0, 0.1) is 17.3 Å². The van der Waals surface area contributed by atoms with Crippen LogP contribution in [0.1, 0.15) is 84.5 Å². The number of likely N-dealkylation sites (tertiary alicyclic amines) is 1. The molecule has 0 aromatic heterocycles. The summed E-state index contributed by atoms with van der Waals surface area (Å²) in [4.78, 5) is 34.6. The third-order valence-corrected chi connectivity index (χ3v) is 12.9. The van der Waals surface area contributed by atoms with Crippen molar-refractivity contribution in [1.29, 1.82) is 0 Å². The molecule has 1 aliphatic carbocycles. The smallest absolute Gasteiger partial charge is 0.227 e. The number of halogens is 2. The quantitative estimate of drug-likeness (QED) is 0.302. The van der Waals surface area contributed by atoms with E-state index in [2.05, 4.69) is 42.9 Å². The molecule has 7 rings (SSSR count). The van der Waals surface area contributed by atoms with E-state index in [0.717, 1.165) is 64.7 Å². The fourth-order valence-electron chi connectivity index (χ4n) is 9.89. The van der Waals surface area contributed by atoms with E-state index in [-0.39, 0.29) is 48.3 Å². The number of hydrogen-bond donors (Lipinski definition) is 5. The summed E-state index contributed by atoms with van der Waals surface area (Å²) in [7, 11) is 0. The Bertz CT molecular complexity index is 1050. The maximum Gasteiger partial charge on any atom is 0.227 e. The van der Waals surface area contributed by atoms with Crippen molar-refractivity contribution in [3.05, 3.63) is 0 Å². The van der Waals surface area contributed by atoms with Gasteiger partial charge in [-0.1, -0.05) is 26.2 Å². The number of carbonyl (C=O) groups excluding carboxylic acids is 2. The molecule has 47 heavy (non-hydrogen) atoms. The van der Waals surface area contributed by atoms with Gasteiger partial charge in [0, 0.05) is 69.9 Å². The zero-order chi connectivity index (χ0) is 33.1. The van der Waals surface area contributed by atoms with Gasteiger partial charge < -0.3 is 31.5 Å². The predicted octanol–water partition coefficient (Wildman–Crippen LogP) is 1.74. The van der Waals surface area contributed by atoms with Crippen LogP contribution >= 0.6 is 0 Å². The summed E-state index contributed by atoms with van der Waals surface area (Å²) in [6.07, 6.45) is 7.63. The van der Waals surface area contributed by atoms with Gasteiger partial charge >= 0.3 is 0 Å². The van der Waals surface area contributed by atoms with Gasteiger partial charge in [-0.15, -0.1) is 0 Å². The first-order valence-corrected chi connectivity index (χ1v) is 18.9. The van der Waals surface area contributed by atoms with Crippen molar-refractivity contribution >= 4 is 11.8 Å². The average Bonchev–Trinajstić information content (AvgIpc) is 3.40. The molecule has 8 unspecified atom stereocenters. The zero-order valence-corrected chi connectivity index (χ0v) is 28.9. The number of alkyl halides is 2. The molecular formula is C35H62F2N8O2. The molecule has 6 saturated heterocycles. The molecule has 10 nitrogen and oxygen atoms in total. The monoisotopic (exact) mass is 664 g/mol. The Morgan fingerprint density at radius 2 is 1.60 bits per heavy atom. The Morgan fingerprint density at radius 1 is 0.872 bits per heavy atom. The molecule has 1 saturated carbocycles. The molecule has 0 aromatic carbocycles. The average molecular weight is 665 g/mol. The standard InChI is InChI=1S/C35H62F2N8O2/c1-23-30(32(38)42-29(7-6-25(36)20-40-23)35(2)12-4-3-5-13-35)33(46)41-28-22-39-21-27(37)31(28)44-16-8-24(9-17-44)34(47)45-19-18-43-14-10-26(45)11-15-43/h23-32,39-40,42H,3-22,38H2,1-2H3,(H,41,46). The van der Waals surface area contributed by atoms with E-state index in [0.29, 0.717) is 51.4 Å². The molecule has 6 aliphatic heterocycles. The van der Waals surface area contributed by atoms with Crippen molar-refractivity contribution < 1.29 is 18.4 Å². The van der Waals surface area contributed by atoms with Crippen LogP contribution in [-0.4, -0.2) is 134 Å². The van der Waals surface area contributed by atoms with Crippen molar-refractivity contribution in [2.45, 2.75) is 133 Å². The molecule has 6 heterocycles. The summed E-state index contributed by atoms with van der Waals surface area (Å²) in [6, 6.07) is -0.896. The maximum absolute atomic E-state index is 15.8. The lowest BCUT2D eigenvalue weighted by atomic mass is 9.69. The molecule has 0 aromatic rings. The van der Waals surface area contributed by atoms with E-state index in [1.54, 1.807) is 0 Å². The van der Waals surface area contributed by atoms with Crippen molar-refractivity contribution in [3.63, 3.8) is 0 Å². The minimum absolute atomic E-state index is 0.0183. The lowest BCUT2D eigenvalue weighted by Crippen LogP contribution is -2.68. The molecule has 7 fully saturated rings. The van der Waals surface area contributed by atoms with Gasteiger partial charge in [0.15, 0.2) is 0 Å². The van der Waals surface area contributed by atoms with Crippen molar-refractivity contribution in [2.24, 2.45) is 23.0 Å². The zero-order valence-electron chi connectivity index (χ0n) is 28.9. The van der Waals surface area contributed by atoms with Gasteiger partial charge in [0.25, 0.3) is 0 Å². The van der Waals surface area contributed by atoms with Crippen LogP contribution < -0.4 is 27.0 Å². The minimum atomic E-state index is -1.15. The summed E-state index contributed by atoms with van der Waals surface area (Å²) in [5.74, 6) is -0.626. The molecule has 2 bridgehead atoms. The van der Waals surface area contributed by atoms with E-state index < -0.39 is 36.5 Å². The SMILES string of the molecule is CC1NCC(F)CCC(C2(C)CCCCC2)NC(N)C1C(=O)NC1CNCC(F)C1N1CCC(C(=O)N2CCN3CCC2CC3)CC1. The maximum atomic E-state index is 15.8. The van der Waals surface area contributed by atoms with Gasteiger partial charge in [-0.3, -0.25) is 19.8 Å². The molecule has 0 radical (unpaired) electrons. The van der Waals surface area contributed by atoms with E-state index in [4.69, 9.17) is 5.73 Å². The van der Waals surface area contributed by atoms with Crippen LogP contribution in [0.5, 0.6) is 0 Å². The molecule has 8 atom stereocenters. The lowest BCUT2D eigenvalue weighted by Gasteiger charge is -2.46. The van der Waals surface area contributed by atoms with Crippen LogP contribution in [-0.2, 0) is 9.59 Å². The summed E-state index contributed by atoms with van der Waals surface area (Å²) >= 11 is 0.